The second-order valence-electron chi connectivity index (χ2n) is 5.02. The van der Waals surface area contributed by atoms with Crippen LogP contribution in [0.15, 0.2) is 59.5 Å². The van der Waals surface area contributed by atoms with E-state index in [4.69, 9.17) is 0 Å². The van der Waals surface area contributed by atoms with Gasteiger partial charge in [-0.3, -0.25) is 0 Å². The maximum Gasteiger partial charge on any atom is 0.329 e. The summed E-state index contributed by atoms with van der Waals surface area (Å²) in [7, 11) is -3.87. The average molecular weight is 318 g/mol. The zero-order chi connectivity index (χ0) is 16.2. The van der Waals surface area contributed by atoms with Crippen LogP contribution in [-0.4, -0.2) is 14.4 Å². The van der Waals surface area contributed by atoms with Crippen molar-refractivity contribution in [3.8, 4) is 0 Å². The zero-order valence-electron chi connectivity index (χ0n) is 12.4. The van der Waals surface area contributed by atoms with E-state index in [1.165, 1.54) is 12.1 Å². The number of sulfonamides is 1. The highest BCUT2D eigenvalue weighted by Crippen LogP contribution is 2.12. The van der Waals surface area contributed by atoms with Crippen LogP contribution >= 0.6 is 0 Å². The molecule has 0 saturated carbocycles. The van der Waals surface area contributed by atoms with Gasteiger partial charge in [0.1, 0.15) is 0 Å². The van der Waals surface area contributed by atoms with Crippen LogP contribution in [0.3, 0.4) is 0 Å². The van der Waals surface area contributed by atoms with Crippen molar-refractivity contribution in [2.45, 2.75) is 24.8 Å². The topological polar surface area (TPSA) is 75.3 Å². The van der Waals surface area contributed by atoms with E-state index in [1.54, 1.807) is 19.1 Å². The number of hydrogen-bond acceptors (Lipinski definition) is 3. The summed E-state index contributed by atoms with van der Waals surface area (Å²) in [5.74, 6) is 0. The summed E-state index contributed by atoms with van der Waals surface area (Å²) < 4.78 is 26.2. The first-order valence-corrected chi connectivity index (χ1v) is 8.32. The summed E-state index contributed by atoms with van der Waals surface area (Å²) in [4.78, 5) is 11.9. The lowest BCUT2D eigenvalue weighted by Crippen LogP contribution is -2.40. The van der Waals surface area contributed by atoms with Gasteiger partial charge in [0.2, 0.25) is 0 Å². The molecule has 2 amide bonds. The monoisotopic (exact) mass is 318 g/mol. The summed E-state index contributed by atoms with van der Waals surface area (Å²) in [6.45, 7) is 3.64. The Balaban J connectivity index is 2.03. The second kappa shape index (κ2) is 6.62. The molecule has 0 aliphatic rings. The van der Waals surface area contributed by atoms with Gasteiger partial charge >= 0.3 is 6.03 Å². The van der Waals surface area contributed by atoms with Crippen molar-refractivity contribution in [3.05, 3.63) is 65.7 Å². The van der Waals surface area contributed by atoms with E-state index in [1.807, 2.05) is 42.0 Å². The van der Waals surface area contributed by atoms with Crippen molar-refractivity contribution in [2.24, 2.45) is 0 Å². The van der Waals surface area contributed by atoms with Gasteiger partial charge in [-0.2, -0.15) is 0 Å². The van der Waals surface area contributed by atoms with Crippen LogP contribution in [0.5, 0.6) is 0 Å². The Labute approximate surface area is 130 Å². The smallest absolute Gasteiger partial charge is 0.329 e. The Morgan fingerprint density at radius 1 is 1.00 bits per heavy atom. The molecule has 0 radical (unpaired) electrons. The summed E-state index contributed by atoms with van der Waals surface area (Å²) in [6, 6.07) is 14.5. The molecule has 0 aromatic heterocycles. The molecule has 0 heterocycles. The zero-order valence-corrected chi connectivity index (χ0v) is 13.2. The van der Waals surface area contributed by atoms with Gasteiger partial charge in [0.25, 0.3) is 10.0 Å². The van der Waals surface area contributed by atoms with Crippen LogP contribution < -0.4 is 10.0 Å². The molecule has 0 aliphatic heterocycles. The minimum atomic E-state index is -3.87. The molecule has 0 fully saturated rings. The van der Waals surface area contributed by atoms with Crippen LogP contribution in [0.1, 0.15) is 24.1 Å². The van der Waals surface area contributed by atoms with Gasteiger partial charge in [-0.05, 0) is 31.5 Å². The van der Waals surface area contributed by atoms with Gasteiger partial charge in [0, 0.05) is 0 Å². The van der Waals surface area contributed by atoms with Crippen LogP contribution in [0.25, 0.3) is 0 Å². The third-order valence-corrected chi connectivity index (χ3v) is 4.55. The van der Waals surface area contributed by atoms with Gasteiger partial charge in [0.05, 0.1) is 10.9 Å². The molecule has 22 heavy (non-hydrogen) atoms. The Kier molecular flexibility index (Phi) is 4.82. The Morgan fingerprint density at radius 3 is 2.18 bits per heavy atom. The lowest BCUT2D eigenvalue weighted by Gasteiger charge is -2.15. The molecule has 6 heteroatoms. The molecule has 5 nitrogen and oxygen atoms in total. The van der Waals surface area contributed by atoms with Crippen molar-refractivity contribution < 1.29 is 13.2 Å². The van der Waals surface area contributed by atoms with Crippen molar-refractivity contribution in [1.82, 2.24) is 10.0 Å². The molecule has 116 valence electrons. The first kappa shape index (κ1) is 16.0. The van der Waals surface area contributed by atoms with Gasteiger partial charge in [-0.1, -0.05) is 48.0 Å². The maximum absolute atomic E-state index is 12.1. The van der Waals surface area contributed by atoms with Gasteiger partial charge in [0.15, 0.2) is 0 Å². The molecule has 0 unspecified atom stereocenters. The molecular formula is C16H18N2O3S. The second-order valence-corrected chi connectivity index (χ2v) is 6.71. The Morgan fingerprint density at radius 2 is 1.59 bits per heavy atom. The van der Waals surface area contributed by atoms with Crippen LogP contribution in [-0.2, 0) is 10.0 Å². The van der Waals surface area contributed by atoms with Crippen LogP contribution in [0, 0.1) is 6.92 Å². The van der Waals surface area contributed by atoms with Gasteiger partial charge < -0.3 is 5.32 Å². The SMILES string of the molecule is Cc1ccc(S(=O)(=O)NC(=O)N[C@@H](C)c2ccccc2)cc1. The third-order valence-electron chi connectivity index (χ3n) is 3.21. The van der Waals surface area contributed by atoms with E-state index in [0.29, 0.717) is 0 Å². The standard InChI is InChI=1S/C16H18N2O3S/c1-12-8-10-15(11-9-12)22(20,21)18-16(19)17-13(2)14-6-4-3-5-7-14/h3-11,13H,1-2H3,(H2,17,18,19)/t13-/m0/s1. The normalized spacial score (nSPS) is 12.5. The first-order chi connectivity index (χ1) is 10.4. The quantitative estimate of drug-likeness (QED) is 0.910. The number of hydrogen-bond donors (Lipinski definition) is 2. The highest BCUT2D eigenvalue weighted by Gasteiger charge is 2.18. The molecule has 0 saturated heterocycles. The lowest BCUT2D eigenvalue weighted by molar-refractivity contribution is 0.243. The number of carbonyl (C=O) groups is 1. The largest absolute Gasteiger partial charge is 0.331 e. The van der Waals surface area contributed by atoms with E-state index in [9.17, 15) is 13.2 Å². The summed E-state index contributed by atoms with van der Waals surface area (Å²) >= 11 is 0. The molecule has 2 aromatic carbocycles. The van der Waals surface area contributed by atoms with Gasteiger partial charge in [-0.15, -0.1) is 0 Å². The predicted molar refractivity (Wildman–Crippen MR) is 84.9 cm³/mol. The predicted octanol–water partition coefficient (Wildman–Crippen LogP) is 2.74. The Hall–Kier alpha value is -2.34. The fourth-order valence-electron chi connectivity index (χ4n) is 1.95. The highest BCUT2D eigenvalue weighted by atomic mass is 32.2. The van der Waals surface area contributed by atoms with E-state index in [0.717, 1.165) is 11.1 Å². The van der Waals surface area contributed by atoms with E-state index < -0.39 is 16.1 Å². The average Bonchev–Trinajstić information content (AvgIpc) is 2.48. The molecule has 2 N–H and O–H groups in total. The van der Waals surface area contributed by atoms with Crippen LogP contribution in [0.4, 0.5) is 4.79 Å². The Bertz CT molecular complexity index is 741. The molecule has 2 aromatic rings. The number of nitrogens with one attached hydrogen (secondary N) is 2. The molecular weight excluding hydrogens is 300 g/mol. The maximum atomic E-state index is 12.1. The minimum Gasteiger partial charge on any atom is -0.331 e. The molecule has 0 aliphatic carbocycles. The molecule has 1 atom stereocenters. The molecule has 0 bridgehead atoms. The van der Waals surface area contributed by atoms with Crippen molar-refractivity contribution in [1.29, 1.82) is 0 Å². The van der Waals surface area contributed by atoms with Crippen LogP contribution in [0.2, 0.25) is 0 Å². The first-order valence-electron chi connectivity index (χ1n) is 6.83. The van der Waals surface area contributed by atoms with E-state index in [-0.39, 0.29) is 10.9 Å². The molecule has 2 rings (SSSR count). The third kappa shape index (κ3) is 4.08. The van der Waals surface area contributed by atoms with Crippen molar-refractivity contribution in [2.75, 3.05) is 0 Å². The summed E-state index contributed by atoms with van der Waals surface area (Å²) in [5, 5.41) is 2.60. The van der Waals surface area contributed by atoms with Gasteiger partial charge in [-0.25, -0.2) is 17.9 Å². The number of carbonyl (C=O) groups excluding carboxylic acids is 1. The summed E-state index contributed by atoms with van der Waals surface area (Å²) in [6.07, 6.45) is 0. The van der Waals surface area contributed by atoms with E-state index in [2.05, 4.69) is 5.32 Å². The van der Waals surface area contributed by atoms with Crippen molar-refractivity contribution in [3.63, 3.8) is 0 Å². The lowest BCUT2D eigenvalue weighted by atomic mass is 10.1. The summed E-state index contributed by atoms with van der Waals surface area (Å²) in [5.41, 5.74) is 1.84. The number of amides is 2. The number of aryl methyl sites for hydroxylation is 1. The fraction of sp³-hybridized carbons (Fsp3) is 0.188. The van der Waals surface area contributed by atoms with E-state index >= 15 is 0 Å². The number of benzene rings is 2. The highest BCUT2D eigenvalue weighted by molar-refractivity contribution is 7.90. The number of urea groups is 1. The van der Waals surface area contributed by atoms with Crippen molar-refractivity contribution >= 4 is 16.1 Å². The molecule has 0 spiro atoms. The number of rotatable bonds is 4. The minimum absolute atomic E-state index is 0.0561. The fourth-order valence-corrected chi connectivity index (χ4v) is 2.86.